The Morgan fingerprint density at radius 1 is 0.567 bits per heavy atom. The Morgan fingerprint density at radius 2 is 0.933 bits per heavy atom. The molecule has 4 aromatic rings. The van der Waals surface area contributed by atoms with E-state index in [1.165, 1.54) is 0 Å². The molecule has 4 aromatic carbocycles. The number of esters is 2. The summed E-state index contributed by atoms with van der Waals surface area (Å²) in [5, 5.41) is 3.56. The van der Waals surface area contributed by atoms with Crippen molar-refractivity contribution in [2.75, 3.05) is 0 Å². The summed E-state index contributed by atoms with van der Waals surface area (Å²) in [5.41, 5.74) is 13.2. The fourth-order valence-corrected chi connectivity index (χ4v) is 3.45. The molecule has 0 heterocycles. The largest absolute Gasteiger partial charge is 0.434 e. The summed E-state index contributed by atoms with van der Waals surface area (Å²) in [6, 6.07) is 26.0. The van der Waals surface area contributed by atoms with E-state index in [0.717, 1.165) is 21.5 Å². The van der Waals surface area contributed by atoms with Crippen LogP contribution in [0.5, 0.6) is 0 Å². The van der Waals surface area contributed by atoms with Crippen LogP contribution in [0, 0.1) is 0 Å². The number of fused-ring (bicyclic) bond motifs is 2. The second kappa shape index (κ2) is 8.32. The normalized spacial score (nSPS) is 13.0. The van der Waals surface area contributed by atoms with Gasteiger partial charge in [0.25, 0.3) is 0 Å². The first-order valence-corrected chi connectivity index (χ1v) is 9.42. The van der Waals surface area contributed by atoms with Crippen LogP contribution in [0.3, 0.4) is 0 Å². The van der Waals surface area contributed by atoms with Crippen molar-refractivity contribution in [3.05, 3.63) is 96.1 Å². The summed E-state index contributed by atoms with van der Waals surface area (Å²) < 4.78 is 10.3. The van der Waals surface area contributed by atoms with Gasteiger partial charge >= 0.3 is 11.9 Å². The van der Waals surface area contributed by atoms with Crippen LogP contribution in [0.15, 0.2) is 84.9 Å². The zero-order chi connectivity index (χ0) is 21.1. The lowest BCUT2D eigenvalue weighted by Crippen LogP contribution is -2.29. The van der Waals surface area contributed by atoms with E-state index in [4.69, 9.17) is 20.9 Å². The summed E-state index contributed by atoms with van der Waals surface area (Å²) >= 11 is 0. The summed E-state index contributed by atoms with van der Waals surface area (Å²) in [4.78, 5) is 24.5. The Bertz CT molecular complexity index is 1130. The van der Waals surface area contributed by atoms with Crippen molar-refractivity contribution in [2.24, 2.45) is 11.5 Å². The first-order chi connectivity index (χ1) is 14.5. The van der Waals surface area contributed by atoms with E-state index in [0.29, 0.717) is 11.1 Å². The Morgan fingerprint density at radius 3 is 1.37 bits per heavy atom. The maximum absolute atomic E-state index is 12.3. The van der Waals surface area contributed by atoms with E-state index in [2.05, 4.69) is 0 Å². The molecule has 4 N–H and O–H groups in total. The van der Waals surface area contributed by atoms with E-state index in [9.17, 15) is 9.59 Å². The molecule has 0 fully saturated rings. The molecule has 0 radical (unpaired) electrons. The number of ether oxygens (including phenoxy) is 2. The molecule has 0 aliphatic carbocycles. The average Bonchev–Trinajstić information content (AvgIpc) is 2.78. The van der Waals surface area contributed by atoms with Gasteiger partial charge in [-0.05, 0) is 21.5 Å². The predicted octanol–water partition coefficient (Wildman–Crippen LogP) is 3.69. The van der Waals surface area contributed by atoms with Gasteiger partial charge in [0.15, 0.2) is 12.5 Å². The van der Waals surface area contributed by atoms with E-state index in [1.807, 2.05) is 60.7 Å². The SMILES string of the molecule is NC(OC(=O)C(=O)OC(N)c1cccc2ccccc12)c1cccc2ccccc12. The molecular weight excluding hydrogens is 380 g/mol. The van der Waals surface area contributed by atoms with Crippen molar-refractivity contribution in [3.63, 3.8) is 0 Å². The first kappa shape index (κ1) is 19.6. The lowest BCUT2D eigenvalue weighted by molar-refractivity contribution is -0.174. The Balaban J connectivity index is 1.47. The third-order valence-corrected chi connectivity index (χ3v) is 4.89. The number of carbonyl (C=O) groups excluding carboxylic acids is 2. The minimum atomic E-state index is -1.20. The molecule has 6 heteroatoms. The third-order valence-electron chi connectivity index (χ3n) is 4.89. The van der Waals surface area contributed by atoms with Gasteiger partial charge in [0.2, 0.25) is 0 Å². The molecule has 2 atom stereocenters. The molecule has 2 unspecified atom stereocenters. The zero-order valence-corrected chi connectivity index (χ0v) is 16.0. The fraction of sp³-hybridized carbons (Fsp3) is 0.0833. The van der Waals surface area contributed by atoms with Crippen molar-refractivity contribution in [1.29, 1.82) is 0 Å². The average molecular weight is 400 g/mol. The van der Waals surface area contributed by atoms with Gasteiger partial charge in [-0.15, -0.1) is 0 Å². The summed E-state index contributed by atoms with van der Waals surface area (Å²) in [7, 11) is 0. The van der Waals surface area contributed by atoms with Crippen LogP contribution in [-0.2, 0) is 19.1 Å². The van der Waals surface area contributed by atoms with Crippen LogP contribution in [0.2, 0.25) is 0 Å². The highest BCUT2D eigenvalue weighted by Crippen LogP contribution is 2.25. The molecule has 6 nitrogen and oxygen atoms in total. The Kier molecular flexibility index (Phi) is 5.43. The second-order valence-electron chi connectivity index (χ2n) is 6.79. The van der Waals surface area contributed by atoms with E-state index < -0.39 is 24.4 Å². The quantitative estimate of drug-likeness (QED) is 0.307. The standard InChI is InChI=1S/C24H20N2O4/c25-21(19-13-5-9-15-7-1-3-11-17(15)19)29-23(27)24(28)30-22(26)20-14-6-10-16-8-2-4-12-18(16)20/h1-14,21-22H,25-26H2. The van der Waals surface area contributed by atoms with Gasteiger partial charge in [-0.2, -0.15) is 0 Å². The monoisotopic (exact) mass is 400 g/mol. The first-order valence-electron chi connectivity index (χ1n) is 9.42. The minimum Gasteiger partial charge on any atom is -0.434 e. The van der Waals surface area contributed by atoms with Crippen LogP contribution in [0.25, 0.3) is 21.5 Å². The number of benzene rings is 4. The lowest BCUT2D eigenvalue weighted by Gasteiger charge is -2.17. The molecule has 0 aliphatic heterocycles. The topological polar surface area (TPSA) is 105 Å². The van der Waals surface area contributed by atoms with E-state index >= 15 is 0 Å². The van der Waals surface area contributed by atoms with Gasteiger partial charge < -0.3 is 9.47 Å². The van der Waals surface area contributed by atoms with Crippen molar-refractivity contribution in [1.82, 2.24) is 0 Å². The summed E-state index contributed by atoms with van der Waals surface area (Å²) in [6.45, 7) is 0. The fourth-order valence-electron chi connectivity index (χ4n) is 3.45. The molecule has 4 rings (SSSR count). The van der Waals surface area contributed by atoms with Gasteiger partial charge in [-0.3, -0.25) is 11.5 Å². The van der Waals surface area contributed by atoms with Gasteiger partial charge in [-0.25, -0.2) is 9.59 Å². The predicted molar refractivity (Wildman–Crippen MR) is 114 cm³/mol. The number of rotatable bonds is 4. The number of hydrogen-bond acceptors (Lipinski definition) is 6. The highest BCUT2D eigenvalue weighted by molar-refractivity contribution is 6.29. The van der Waals surface area contributed by atoms with Crippen molar-refractivity contribution in [2.45, 2.75) is 12.5 Å². The van der Waals surface area contributed by atoms with Gasteiger partial charge in [0.1, 0.15) is 0 Å². The van der Waals surface area contributed by atoms with Crippen LogP contribution >= 0.6 is 0 Å². The van der Waals surface area contributed by atoms with Crippen molar-refractivity contribution in [3.8, 4) is 0 Å². The molecule has 0 saturated carbocycles. The van der Waals surface area contributed by atoms with Crippen LogP contribution < -0.4 is 11.5 Å². The minimum absolute atomic E-state index is 0.590. The van der Waals surface area contributed by atoms with Crippen molar-refractivity contribution < 1.29 is 19.1 Å². The number of nitrogens with two attached hydrogens (primary N) is 2. The zero-order valence-electron chi connectivity index (χ0n) is 16.0. The van der Waals surface area contributed by atoms with E-state index in [1.54, 1.807) is 24.3 Å². The summed E-state index contributed by atoms with van der Waals surface area (Å²) in [5.74, 6) is -2.41. The molecular formula is C24H20N2O4. The second-order valence-corrected chi connectivity index (χ2v) is 6.79. The molecule has 0 aliphatic rings. The lowest BCUT2D eigenvalue weighted by atomic mass is 10.0. The molecule has 0 saturated heterocycles. The highest BCUT2D eigenvalue weighted by Gasteiger charge is 2.25. The van der Waals surface area contributed by atoms with Gasteiger partial charge in [0, 0.05) is 11.1 Å². The molecule has 30 heavy (non-hydrogen) atoms. The van der Waals surface area contributed by atoms with Gasteiger partial charge in [0.05, 0.1) is 0 Å². The Labute approximate surface area is 173 Å². The number of carbonyl (C=O) groups is 2. The molecule has 0 bridgehead atoms. The third kappa shape index (κ3) is 3.87. The number of hydrogen-bond donors (Lipinski definition) is 2. The van der Waals surface area contributed by atoms with Gasteiger partial charge in [-0.1, -0.05) is 84.9 Å². The molecule has 150 valence electrons. The smallest absolute Gasteiger partial charge is 0.419 e. The van der Waals surface area contributed by atoms with Crippen LogP contribution in [-0.4, -0.2) is 11.9 Å². The Hall–Kier alpha value is -3.74. The van der Waals surface area contributed by atoms with E-state index in [-0.39, 0.29) is 0 Å². The molecule has 0 aromatic heterocycles. The maximum atomic E-state index is 12.3. The maximum Gasteiger partial charge on any atom is 0.419 e. The molecule has 0 spiro atoms. The van der Waals surface area contributed by atoms with Crippen molar-refractivity contribution >= 4 is 33.5 Å². The highest BCUT2D eigenvalue weighted by atomic mass is 16.6. The summed E-state index contributed by atoms with van der Waals surface area (Å²) in [6.07, 6.45) is -2.24. The molecule has 0 amide bonds. The van der Waals surface area contributed by atoms with Crippen LogP contribution in [0.1, 0.15) is 23.6 Å². The van der Waals surface area contributed by atoms with Crippen LogP contribution in [0.4, 0.5) is 0 Å².